The third-order valence-corrected chi connectivity index (χ3v) is 7.06. The number of H-pyrrole nitrogens is 1. The minimum atomic E-state index is -0.788. The molecule has 1 aliphatic heterocycles. The summed E-state index contributed by atoms with van der Waals surface area (Å²) in [6.07, 6.45) is 6.72. The van der Waals surface area contributed by atoms with Gasteiger partial charge in [0.05, 0.1) is 11.0 Å². The minimum Gasteiger partial charge on any atom is -0.480 e. The molecule has 2 fully saturated rings. The number of aromatic nitrogens is 3. The smallest absolute Gasteiger partial charge is 0.320 e. The average Bonchev–Trinajstić information content (AvgIpc) is 3.59. The molecule has 3 heterocycles. The van der Waals surface area contributed by atoms with Crippen molar-refractivity contribution in [1.29, 1.82) is 0 Å². The molecule has 5 rings (SSSR count). The Bertz CT molecular complexity index is 1240. The predicted octanol–water partition coefficient (Wildman–Crippen LogP) is 3.47. The van der Waals surface area contributed by atoms with Gasteiger partial charge in [0.1, 0.15) is 11.9 Å². The number of nitrogens with zero attached hydrogens (tertiary/aromatic N) is 2. The molecule has 2 aliphatic rings. The lowest BCUT2D eigenvalue weighted by atomic mass is 10.00. The highest BCUT2D eigenvalue weighted by Gasteiger charge is 2.29. The highest BCUT2D eigenvalue weighted by atomic mass is 16.5. The topological polar surface area (TPSA) is 109 Å². The number of carbonyl (C=O) groups is 1. The maximum absolute atomic E-state index is 11.9. The molecule has 2 aromatic heterocycles. The van der Waals surface area contributed by atoms with Crippen LogP contribution in [0.1, 0.15) is 43.2 Å². The molecule has 180 valence electrons. The van der Waals surface area contributed by atoms with Gasteiger partial charge in [-0.05, 0) is 61.8 Å². The van der Waals surface area contributed by atoms with E-state index in [2.05, 4.69) is 27.0 Å². The van der Waals surface area contributed by atoms with E-state index in [0.29, 0.717) is 30.4 Å². The number of hydrogen-bond acceptors (Lipinski definition) is 5. The van der Waals surface area contributed by atoms with Crippen LogP contribution in [-0.2, 0) is 22.6 Å². The number of fused-ring (bicyclic) bond motifs is 1. The van der Waals surface area contributed by atoms with Gasteiger partial charge in [-0.2, -0.15) is 0 Å². The third kappa shape index (κ3) is 5.08. The molecule has 1 saturated carbocycles. The van der Waals surface area contributed by atoms with Crippen molar-refractivity contribution in [2.75, 3.05) is 13.2 Å². The molecule has 0 amide bonds. The maximum atomic E-state index is 11.9. The summed E-state index contributed by atoms with van der Waals surface area (Å²) in [6, 6.07) is 7.54. The summed E-state index contributed by atoms with van der Waals surface area (Å²) in [7, 11) is 0. The van der Waals surface area contributed by atoms with Gasteiger partial charge in [-0.25, -0.2) is 4.98 Å². The monoisotopic (exact) mass is 464 g/mol. The zero-order valence-electron chi connectivity index (χ0n) is 19.5. The van der Waals surface area contributed by atoms with Crippen molar-refractivity contribution in [3.05, 3.63) is 51.9 Å². The van der Waals surface area contributed by atoms with Crippen LogP contribution in [0.3, 0.4) is 0 Å². The molecule has 8 heteroatoms. The molecule has 0 bridgehead atoms. The number of aliphatic carboxylic acids is 1. The first-order chi connectivity index (χ1) is 16.5. The molecule has 1 atom stereocenters. The first-order valence-corrected chi connectivity index (χ1v) is 12.2. The lowest BCUT2D eigenvalue weighted by Crippen LogP contribution is -2.36. The number of aromatic amines is 1. The van der Waals surface area contributed by atoms with Gasteiger partial charge in [-0.3, -0.25) is 9.59 Å². The van der Waals surface area contributed by atoms with Crippen molar-refractivity contribution >= 4 is 17.0 Å². The summed E-state index contributed by atoms with van der Waals surface area (Å²) in [5.41, 5.74) is 4.37. The van der Waals surface area contributed by atoms with Crippen molar-refractivity contribution in [3.63, 3.8) is 0 Å². The van der Waals surface area contributed by atoms with Gasteiger partial charge in [0.2, 0.25) is 0 Å². The van der Waals surface area contributed by atoms with Gasteiger partial charge in [0, 0.05) is 43.6 Å². The van der Waals surface area contributed by atoms with Crippen LogP contribution in [0.15, 0.2) is 35.3 Å². The number of aryl methyl sites for hydroxylation is 1. The number of benzene rings is 1. The van der Waals surface area contributed by atoms with Crippen LogP contribution in [0.5, 0.6) is 0 Å². The molecular weight excluding hydrogens is 432 g/mol. The SMILES string of the molecule is Cc1cc(-c2nc3cc(CN[C@H](CC4CC4)C(=O)O)ccc3n2CC2CCOCC2)c[nH]c1=O. The van der Waals surface area contributed by atoms with Gasteiger partial charge in [0.25, 0.3) is 5.56 Å². The average molecular weight is 465 g/mol. The van der Waals surface area contributed by atoms with Gasteiger partial charge < -0.3 is 24.7 Å². The molecule has 1 aliphatic carbocycles. The van der Waals surface area contributed by atoms with E-state index >= 15 is 0 Å². The van der Waals surface area contributed by atoms with E-state index < -0.39 is 12.0 Å². The normalized spacial score (nSPS) is 17.8. The van der Waals surface area contributed by atoms with Gasteiger partial charge in [0.15, 0.2) is 0 Å². The van der Waals surface area contributed by atoms with Crippen LogP contribution >= 0.6 is 0 Å². The standard InChI is InChI=1S/C26H32N4O4/c1-16-10-20(14-28-25(16)31)24-29-21-12-19(13-27-22(26(32)33)11-17-2-3-17)4-5-23(21)30(24)15-18-6-8-34-9-7-18/h4-5,10,12,14,17-18,22,27H,2-3,6-9,11,13,15H2,1H3,(H,28,31)(H,32,33)/t22-/m1/s1. The second kappa shape index (κ2) is 9.72. The second-order valence-electron chi connectivity index (χ2n) is 9.78. The molecule has 3 N–H and O–H groups in total. The summed E-state index contributed by atoms with van der Waals surface area (Å²) in [5, 5.41) is 12.8. The third-order valence-electron chi connectivity index (χ3n) is 7.06. The summed E-state index contributed by atoms with van der Waals surface area (Å²) in [6.45, 7) is 4.70. The largest absolute Gasteiger partial charge is 0.480 e. The van der Waals surface area contributed by atoms with E-state index in [0.717, 1.165) is 73.4 Å². The summed E-state index contributed by atoms with van der Waals surface area (Å²) in [5.74, 6) is 1.10. The number of carboxylic acids is 1. The van der Waals surface area contributed by atoms with Gasteiger partial charge in [-0.1, -0.05) is 18.9 Å². The number of hydrogen-bond donors (Lipinski definition) is 3. The Morgan fingerprint density at radius 1 is 1.24 bits per heavy atom. The van der Waals surface area contributed by atoms with Gasteiger partial charge in [-0.15, -0.1) is 0 Å². The molecule has 0 unspecified atom stereocenters. The lowest BCUT2D eigenvalue weighted by Gasteiger charge is -2.23. The second-order valence-corrected chi connectivity index (χ2v) is 9.78. The van der Waals surface area contributed by atoms with E-state index in [9.17, 15) is 14.7 Å². The van der Waals surface area contributed by atoms with E-state index in [1.165, 1.54) is 0 Å². The number of imidazole rings is 1. The molecule has 8 nitrogen and oxygen atoms in total. The summed E-state index contributed by atoms with van der Waals surface area (Å²) in [4.78, 5) is 31.3. The number of carboxylic acid groups (broad SMARTS) is 1. The van der Waals surface area contributed by atoms with Crippen LogP contribution < -0.4 is 10.9 Å². The molecule has 34 heavy (non-hydrogen) atoms. The summed E-state index contributed by atoms with van der Waals surface area (Å²) < 4.78 is 7.80. The van der Waals surface area contributed by atoms with Crippen LogP contribution in [0.4, 0.5) is 0 Å². The number of rotatable bonds is 9. The van der Waals surface area contributed by atoms with Crippen LogP contribution in [0.25, 0.3) is 22.4 Å². The van der Waals surface area contributed by atoms with Crippen molar-refractivity contribution in [2.45, 2.75) is 58.2 Å². The van der Waals surface area contributed by atoms with E-state index in [-0.39, 0.29) is 5.56 Å². The molecule has 0 spiro atoms. The number of pyridine rings is 1. The zero-order valence-corrected chi connectivity index (χ0v) is 19.5. The van der Waals surface area contributed by atoms with Crippen molar-refractivity contribution in [3.8, 4) is 11.4 Å². The molecular formula is C26H32N4O4. The van der Waals surface area contributed by atoms with Crippen LogP contribution in [0, 0.1) is 18.8 Å². The Balaban J connectivity index is 1.45. The molecule has 0 radical (unpaired) electrons. The van der Waals surface area contributed by atoms with E-state index in [4.69, 9.17) is 9.72 Å². The fourth-order valence-corrected chi connectivity index (χ4v) is 4.80. The number of ether oxygens (including phenoxy) is 1. The first kappa shape index (κ1) is 22.8. The quantitative estimate of drug-likeness (QED) is 0.447. The fraction of sp³-hybridized carbons (Fsp3) is 0.500. The Labute approximate surface area is 198 Å². The fourth-order valence-electron chi connectivity index (χ4n) is 4.80. The molecule has 1 saturated heterocycles. The highest BCUT2D eigenvalue weighted by molar-refractivity contribution is 5.81. The van der Waals surface area contributed by atoms with Crippen molar-refractivity contribution in [2.24, 2.45) is 11.8 Å². The highest BCUT2D eigenvalue weighted by Crippen LogP contribution is 2.34. The van der Waals surface area contributed by atoms with Gasteiger partial charge >= 0.3 is 5.97 Å². The lowest BCUT2D eigenvalue weighted by molar-refractivity contribution is -0.139. The van der Waals surface area contributed by atoms with E-state index in [1.807, 2.05) is 12.1 Å². The predicted molar refractivity (Wildman–Crippen MR) is 130 cm³/mol. The number of nitrogens with one attached hydrogen (secondary N) is 2. The molecule has 1 aromatic carbocycles. The van der Waals surface area contributed by atoms with Crippen LogP contribution in [0.2, 0.25) is 0 Å². The Morgan fingerprint density at radius 2 is 2.03 bits per heavy atom. The Kier molecular flexibility index (Phi) is 6.52. The maximum Gasteiger partial charge on any atom is 0.320 e. The molecule has 3 aromatic rings. The van der Waals surface area contributed by atoms with E-state index in [1.54, 1.807) is 13.1 Å². The Hall–Kier alpha value is -2.97. The zero-order chi connectivity index (χ0) is 23.7. The minimum absolute atomic E-state index is 0.0941. The first-order valence-electron chi connectivity index (χ1n) is 12.2. The van der Waals surface area contributed by atoms with Crippen molar-refractivity contribution < 1.29 is 14.6 Å². The van der Waals surface area contributed by atoms with Crippen molar-refractivity contribution in [1.82, 2.24) is 19.9 Å². The summed E-state index contributed by atoms with van der Waals surface area (Å²) >= 11 is 0. The Morgan fingerprint density at radius 3 is 2.74 bits per heavy atom. The van der Waals surface area contributed by atoms with Crippen LogP contribution in [-0.4, -0.2) is 44.9 Å².